The maximum atomic E-state index is 7.14. The van der Waals surface area contributed by atoms with Crippen LogP contribution >= 0.6 is 15.8 Å². The van der Waals surface area contributed by atoms with Crippen LogP contribution in [0.2, 0.25) is 0 Å². The van der Waals surface area contributed by atoms with E-state index in [1.807, 2.05) is 24.3 Å². The number of nitrogens with zero attached hydrogens (tertiary/aromatic N) is 1. The number of para-hydroxylation sites is 2. The van der Waals surface area contributed by atoms with Crippen LogP contribution in [-0.4, -0.2) is 4.57 Å². The van der Waals surface area contributed by atoms with Gasteiger partial charge in [0.25, 0.3) is 0 Å². The fourth-order valence-electron chi connectivity index (χ4n) is 11.1. The Morgan fingerprint density at radius 2 is 0.675 bits per heavy atom. The molecule has 0 saturated heterocycles. The molecule has 0 spiro atoms. The minimum atomic E-state index is -1.38. The maximum Gasteiger partial charge on any atom is 1.00 e. The Balaban J connectivity index is 0.000000170. The summed E-state index contributed by atoms with van der Waals surface area (Å²) in [6.45, 7) is 0. The van der Waals surface area contributed by atoms with Gasteiger partial charge in [0.2, 0.25) is 0 Å². The Hall–Kier alpha value is -7.32. The van der Waals surface area contributed by atoms with Crippen molar-refractivity contribution in [1.29, 1.82) is 0 Å². The summed E-state index contributed by atoms with van der Waals surface area (Å²) in [6, 6.07) is 98.8. The van der Waals surface area contributed by atoms with E-state index in [-0.39, 0.29) is 44.8 Å². The van der Waals surface area contributed by atoms with Gasteiger partial charge >= 0.3 is 44.8 Å². The van der Waals surface area contributed by atoms with Crippen LogP contribution in [0.3, 0.4) is 0 Å². The van der Waals surface area contributed by atoms with Crippen molar-refractivity contribution in [3.63, 3.8) is 0 Å². The molecule has 0 unspecified atom stereocenters. The van der Waals surface area contributed by atoms with Crippen LogP contribution in [0, 0.1) is 24.7 Å². The van der Waals surface area contributed by atoms with Gasteiger partial charge in [-0.3, -0.25) is 11.8 Å². The smallest absolute Gasteiger partial charge is 0.366 e. The molecule has 2 aliphatic carbocycles. The van der Waals surface area contributed by atoms with Gasteiger partial charge in [-0.15, -0.1) is 35.4 Å². The quantitative estimate of drug-likeness (QED) is 0.0649. The van der Waals surface area contributed by atoms with Crippen molar-refractivity contribution in [3.05, 3.63) is 319 Å². The summed E-state index contributed by atoms with van der Waals surface area (Å²) < 4.78 is 2.46. The van der Waals surface area contributed by atoms with E-state index >= 15 is 0 Å². The average Bonchev–Trinajstić information content (AvgIpc) is 4.23. The van der Waals surface area contributed by atoms with E-state index in [2.05, 4.69) is 265 Å². The summed E-state index contributed by atoms with van der Waals surface area (Å²) in [5.41, 5.74) is 16.0. The van der Waals surface area contributed by atoms with Crippen LogP contribution in [0.5, 0.6) is 0 Å². The van der Waals surface area contributed by atoms with Crippen LogP contribution in [-0.2, 0) is 57.6 Å². The summed E-state index contributed by atoms with van der Waals surface area (Å²) in [4.78, 5) is 0. The van der Waals surface area contributed by atoms with Crippen molar-refractivity contribution in [2.75, 3.05) is 0 Å². The molecule has 12 aromatic rings. The van der Waals surface area contributed by atoms with Crippen LogP contribution in [0.1, 0.15) is 33.4 Å². The molecule has 0 bridgehead atoms. The van der Waals surface area contributed by atoms with Crippen LogP contribution < -0.4 is 31.8 Å². The second-order valence-electron chi connectivity index (χ2n) is 19.0. The Morgan fingerprint density at radius 1 is 0.312 bits per heavy atom. The van der Waals surface area contributed by atoms with Crippen molar-refractivity contribution in [1.82, 2.24) is 4.57 Å². The summed E-state index contributed by atoms with van der Waals surface area (Å²) in [5, 5.41) is 11.2. The largest absolute Gasteiger partial charge is 1.00 e. The van der Waals surface area contributed by atoms with E-state index in [1.54, 1.807) is 0 Å². The van der Waals surface area contributed by atoms with E-state index in [0.717, 1.165) is 24.0 Å². The average molecular weight is 1390 g/mol. The maximum absolute atomic E-state index is 7.14. The van der Waals surface area contributed by atoms with Gasteiger partial charge in [-0.25, -0.2) is 0 Å². The van der Waals surface area contributed by atoms with E-state index in [9.17, 15) is 0 Å². The fraction of sp³-hybridized carbons (Fsp3) is 0.0278. The summed E-state index contributed by atoms with van der Waals surface area (Å²) in [6.07, 6.45) is 16.3. The standard InChI is InChI=1S/C42H31NP2.2C15H9.2Au/c1-6-18-32(19-7-1)43-39-29-17-16-28-37(39)38-30-41(44(33-20-8-2-9-21-33)34-22-10-3-11-23-34)42(31-40(38)43)45(35-24-12-4-13-25-35)36-26-14-5-15-27-36;2*1-2-11-7-8-13-10-12-5-3-4-6-14(12)15(13)9-11;;/h1-31H;2*3-9H,10H2;;/q;2*-1;2*+1/p+2. The Bertz CT molecular complexity index is 3900. The molecule has 1 heterocycles. The first-order valence-corrected chi connectivity index (χ1v) is 28.5. The first-order chi connectivity index (χ1) is 37.1. The topological polar surface area (TPSA) is 4.93 Å². The zero-order valence-electron chi connectivity index (χ0n) is 41.9. The molecule has 0 radical (unpaired) electrons. The predicted molar refractivity (Wildman–Crippen MR) is 323 cm³/mol. The first-order valence-electron chi connectivity index (χ1n) is 25.5. The number of hydrogen-bond donors (Lipinski definition) is 0. The van der Waals surface area contributed by atoms with E-state index in [1.165, 1.54) is 104 Å². The van der Waals surface area contributed by atoms with Gasteiger partial charge in [0, 0.05) is 22.5 Å². The summed E-state index contributed by atoms with van der Waals surface area (Å²) >= 11 is 0. The monoisotopic (exact) mass is 1390 g/mol. The number of hydrogen-bond acceptors (Lipinski definition) is 0. The summed E-state index contributed by atoms with van der Waals surface area (Å²) in [7, 11) is -2.74. The van der Waals surface area contributed by atoms with Crippen molar-refractivity contribution in [2.24, 2.45) is 0 Å². The summed E-state index contributed by atoms with van der Waals surface area (Å²) in [5.74, 6) is 4.87. The van der Waals surface area contributed by atoms with Gasteiger partial charge in [0.05, 0.1) is 11.0 Å². The predicted octanol–water partition coefficient (Wildman–Crippen LogP) is 14.2. The van der Waals surface area contributed by atoms with Crippen LogP contribution in [0.15, 0.2) is 273 Å². The zero-order valence-corrected chi connectivity index (χ0v) is 48.3. The molecular formula is C72H51Au2NP2+2. The van der Waals surface area contributed by atoms with Crippen molar-refractivity contribution >= 4 is 69.5 Å². The molecule has 374 valence electrons. The van der Waals surface area contributed by atoms with Crippen molar-refractivity contribution in [3.8, 4) is 39.8 Å². The third kappa shape index (κ3) is 10.9. The second kappa shape index (κ2) is 24.3. The molecule has 77 heavy (non-hydrogen) atoms. The molecule has 0 aliphatic heterocycles. The van der Waals surface area contributed by atoms with Gasteiger partial charge in [-0.2, -0.15) is 0 Å². The molecule has 1 nitrogen and oxygen atoms in total. The van der Waals surface area contributed by atoms with Gasteiger partial charge in [-0.05, 0) is 130 Å². The molecule has 0 N–H and O–H groups in total. The molecule has 0 fully saturated rings. The van der Waals surface area contributed by atoms with Gasteiger partial charge < -0.3 is 17.4 Å². The first kappa shape index (κ1) is 53.1. The van der Waals surface area contributed by atoms with Crippen LogP contribution in [0.4, 0.5) is 0 Å². The number of fused-ring (bicyclic) bond motifs is 9. The SMILES string of the molecule is [Au+].[Au+].[C-]#Cc1ccc2c(c1)-c1ccccc1C2.[C-]#Cc1ccc2c(c1)-c1ccccc1C2.c1ccc(-n2c3ccccc3c3cc([PH+](c4ccccc4)c4ccccc4)c([PH+](c4ccccc4)c4ccccc4)cc32)cc1. The number of benzene rings is 11. The number of aromatic nitrogens is 1. The third-order valence-electron chi connectivity index (χ3n) is 14.5. The molecule has 0 saturated carbocycles. The Morgan fingerprint density at radius 3 is 1.12 bits per heavy atom. The van der Waals surface area contributed by atoms with Gasteiger partial charge in [0.15, 0.2) is 0 Å². The minimum Gasteiger partial charge on any atom is -0.366 e. The molecular weight excluding hydrogens is 1330 g/mol. The zero-order chi connectivity index (χ0) is 50.5. The fourth-order valence-corrected chi connectivity index (χ4v) is 17.1. The molecule has 0 amide bonds. The van der Waals surface area contributed by atoms with Gasteiger partial charge in [0.1, 0.15) is 47.7 Å². The molecule has 2 aliphatic rings. The Labute approximate surface area is 486 Å². The van der Waals surface area contributed by atoms with E-state index in [4.69, 9.17) is 12.8 Å². The molecule has 11 aromatic carbocycles. The van der Waals surface area contributed by atoms with E-state index < -0.39 is 15.8 Å². The molecule has 1 aromatic heterocycles. The van der Waals surface area contributed by atoms with Crippen LogP contribution in [0.25, 0.3) is 49.7 Å². The number of rotatable bonds is 7. The van der Waals surface area contributed by atoms with Crippen molar-refractivity contribution < 1.29 is 44.8 Å². The molecule has 14 rings (SSSR count). The Kier molecular flexibility index (Phi) is 16.8. The molecule has 5 heteroatoms. The second-order valence-corrected chi connectivity index (χ2v) is 23.9. The molecule has 0 atom stereocenters. The normalized spacial score (nSPS) is 11.3. The third-order valence-corrected chi connectivity index (χ3v) is 20.3. The van der Waals surface area contributed by atoms with E-state index in [0.29, 0.717) is 0 Å². The van der Waals surface area contributed by atoms with Gasteiger partial charge in [-0.1, -0.05) is 170 Å². The van der Waals surface area contributed by atoms with Crippen molar-refractivity contribution in [2.45, 2.75) is 12.8 Å². The minimum absolute atomic E-state index is 0.